The van der Waals surface area contributed by atoms with Crippen LogP contribution in [0.25, 0.3) is 0 Å². The smallest absolute Gasteiger partial charge is 0.0761 e. The van der Waals surface area contributed by atoms with E-state index < -0.39 is 6.10 Å². The first-order valence-electron chi connectivity index (χ1n) is 4.69. The van der Waals surface area contributed by atoms with Crippen LogP contribution in [0.3, 0.4) is 0 Å². The Hall–Kier alpha value is -0.510. The van der Waals surface area contributed by atoms with Gasteiger partial charge in [-0.1, -0.05) is 19.1 Å². The van der Waals surface area contributed by atoms with Crippen LogP contribution in [0, 0.1) is 0 Å². The Balaban J connectivity index is 2.64. The fourth-order valence-electron chi connectivity index (χ4n) is 1.09. The fourth-order valence-corrected chi connectivity index (χ4v) is 1.93. The second-order valence-electron chi connectivity index (χ2n) is 3.36. The highest BCUT2D eigenvalue weighted by atomic mass is 32.2. The van der Waals surface area contributed by atoms with Crippen molar-refractivity contribution in [2.75, 3.05) is 6.61 Å². The van der Waals surface area contributed by atoms with Crippen LogP contribution in [0.4, 0.5) is 0 Å². The van der Waals surface area contributed by atoms with Crippen LogP contribution in [-0.4, -0.2) is 22.1 Å². The molecule has 0 fully saturated rings. The zero-order valence-electron chi connectivity index (χ0n) is 8.47. The molecule has 1 aromatic carbocycles. The molecule has 78 valence electrons. The average Bonchev–Trinajstić information content (AvgIpc) is 2.18. The average molecular weight is 212 g/mol. The van der Waals surface area contributed by atoms with E-state index in [1.54, 1.807) is 18.7 Å². The van der Waals surface area contributed by atoms with Gasteiger partial charge >= 0.3 is 0 Å². The molecular weight excluding hydrogens is 196 g/mol. The first-order chi connectivity index (χ1) is 6.63. The molecule has 2 N–H and O–H groups in total. The van der Waals surface area contributed by atoms with E-state index in [9.17, 15) is 5.11 Å². The van der Waals surface area contributed by atoms with Gasteiger partial charge < -0.3 is 10.2 Å². The van der Waals surface area contributed by atoms with Gasteiger partial charge in [0, 0.05) is 10.1 Å². The molecule has 0 radical (unpaired) electrons. The van der Waals surface area contributed by atoms with Gasteiger partial charge in [-0.3, -0.25) is 0 Å². The first kappa shape index (κ1) is 11.6. The summed E-state index contributed by atoms with van der Waals surface area (Å²) in [4.78, 5) is 1.12. The molecule has 0 saturated heterocycles. The lowest BCUT2D eigenvalue weighted by molar-refractivity contribution is 0.199. The van der Waals surface area contributed by atoms with Crippen molar-refractivity contribution in [3.63, 3.8) is 0 Å². The molecule has 1 rings (SSSR count). The van der Waals surface area contributed by atoms with Gasteiger partial charge in [-0.15, -0.1) is 11.8 Å². The summed E-state index contributed by atoms with van der Waals surface area (Å²) in [5.74, 6) is 0. The second-order valence-corrected chi connectivity index (χ2v) is 4.87. The minimum Gasteiger partial charge on any atom is -0.395 e. The van der Waals surface area contributed by atoms with Crippen LogP contribution in [-0.2, 0) is 0 Å². The van der Waals surface area contributed by atoms with Gasteiger partial charge in [-0.25, -0.2) is 0 Å². The normalized spacial score (nSPS) is 15.1. The first-order valence-corrected chi connectivity index (χ1v) is 5.57. The van der Waals surface area contributed by atoms with Crippen LogP contribution in [0.15, 0.2) is 29.2 Å². The number of aliphatic hydroxyl groups is 2. The summed E-state index contributed by atoms with van der Waals surface area (Å²) in [6, 6.07) is 7.77. The molecule has 0 heterocycles. The molecule has 3 heteroatoms. The third-order valence-corrected chi connectivity index (χ3v) is 3.05. The van der Waals surface area contributed by atoms with E-state index >= 15 is 0 Å². The number of aliphatic hydroxyl groups excluding tert-OH is 2. The van der Waals surface area contributed by atoms with E-state index in [4.69, 9.17) is 5.11 Å². The van der Waals surface area contributed by atoms with Gasteiger partial charge in [0.05, 0.1) is 12.7 Å². The summed E-state index contributed by atoms with van der Waals surface area (Å²) in [6.07, 6.45) is -0.413. The van der Waals surface area contributed by atoms with Crippen LogP contribution < -0.4 is 0 Å². The minimum absolute atomic E-state index is 0.183. The lowest BCUT2D eigenvalue weighted by Crippen LogP contribution is -2.01. The SMILES string of the molecule is CC(CO)Sc1ccc([C@H](C)O)cc1. The maximum atomic E-state index is 9.30. The number of benzene rings is 1. The number of thioether (sulfide) groups is 1. The van der Waals surface area contributed by atoms with Gasteiger partial charge in [0.2, 0.25) is 0 Å². The van der Waals surface area contributed by atoms with Crippen LogP contribution in [0.2, 0.25) is 0 Å². The summed E-state index contributed by atoms with van der Waals surface area (Å²) in [7, 11) is 0. The van der Waals surface area contributed by atoms with Gasteiger partial charge in [-0.05, 0) is 24.6 Å². The Bertz CT molecular complexity index is 269. The number of rotatable bonds is 4. The van der Waals surface area contributed by atoms with Crippen LogP contribution in [0.1, 0.15) is 25.5 Å². The maximum Gasteiger partial charge on any atom is 0.0761 e. The quantitative estimate of drug-likeness (QED) is 0.752. The molecule has 0 aliphatic heterocycles. The highest BCUT2D eigenvalue weighted by Crippen LogP contribution is 2.24. The molecule has 0 aliphatic carbocycles. The predicted octanol–water partition coefficient (Wildman–Crippen LogP) is 2.21. The Kier molecular flexibility index (Phi) is 4.45. The summed E-state index contributed by atoms with van der Waals surface area (Å²) >= 11 is 1.63. The molecule has 2 atom stereocenters. The van der Waals surface area contributed by atoms with Crippen molar-refractivity contribution in [3.05, 3.63) is 29.8 Å². The van der Waals surface area contributed by atoms with Crippen LogP contribution in [0.5, 0.6) is 0 Å². The lowest BCUT2D eigenvalue weighted by Gasteiger charge is -2.09. The summed E-state index contributed by atoms with van der Waals surface area (Å²) < 4.78 is 0. The number of hydrogen-bond donors (Lipinski definition) is 2. The molecule has 0 saturated carbocycles. The molecule has 1 aromatic rings. The van der Waals surface area contributed by atoms with Gasteiger partial charge in [0.15, 0.2) is 0 Å². The van der Waals surface area contributed by atoms with Gasteiger partial charge in [-0.2, -0.15) is 0 Å². The highest BCUT2D eigenvalue weighted by Gasteiger charge is 2.04. The van der Waals surface area contributed by atoms with Gasteiger partial charge in [0.25, 0.3) is 0 Å². The van der Waals surface area contributed by atoms with E-state index in [2.05, 4.69) is 0 Å². The van der Waals surface area contributed by atoms with E-state index in [1.807, 2.05) is 31.2 Å². The lowest BCUT2D eigenvalue weighted by atomic mass is 10.1. The van der Waals surface area contributed by atoms with E-state index in [-0.39, 0.29) is 11.9 Å². The Labute approximate surface area is 89.0 Å². The largest absolute Gasteiger partial charge is 0.395 e. The molecule has 0 aromatic heterocycles. The van der Waals surface area contributed by atoms with E-state index in [0.29, 0.717) is 0 Å². The zero-order chi connectivity index (χ0) is 10.6. The summed E-state index contributed by atoms with van der Waals surface area (Å²) in [5, 5.41) is 18.4. The predicted molar refractivity (Wildman–Crippen MR) is 59.5 cm³/mol. The maximum absolute atomic E-state index is 9.30. The highest BCUT2D eigenvalue weighted by molar-refractivity contribution is 8.00. The van der Waals surface area contributed by atoms with Crippen molar-refractivity contribution in [3.8, 4) is 0 Å². The van der Waals surface area contributed by atoms with Crippen molar-refractivity contribution in [1.82, 2.24) is 0 Å². The Morgan fingerprint density at radius 2 is 1.79 bits per heavy atom. The molecule has 0 amide bonds. The monoisotopic (exact) mass is 212 g/mol. The Morgan fingerprint density at radius 1 is 1.21 bits per heavy atom. The molecule has 2 nitrogen and oxygen atoms in total. The fraction of sp³-hybridized carbons (Fsp3) is 0.455. The topological polar surface area (TPSA) is 40.5 Å². The molecule has 0 bridgehead atoms. The third kappa shape index (κ3) is 3.33. The van der Waals surface area contributed by atoms with Crippen LogP contribution >= 0.6 is 11.8 Å². The standard InChI is InChI=1S/C11H16O2S/c1-8(7-12)14-11-5-3-10(4-6-11)9(2)13/h3-6,8-9,12-13H,7H2,1-2H3/t8?,9-/m0/s1. The third-order valence-electron chi connectivity index (χ3n) is 1.96. The molecular formula is C11H16O2S. The van der Waals surface area contributed by atoms with E-state index in [1.165, 1.54) is 0 Å². The van der Waals surface area contributed by atoms with E-state index in [0.717, 1.165) is 10.5 Å². The Morgan fingerprint density at radius 3 is 2.21 bits per heavy atom. The number of hydrogen-bond acceptors (Lipinski definition) is 3. The minimum atomic E-state index is -0.413. The molecule has 14 heavy (non-hydrogen) atoms. The van der Waals surface area contributed by atoms with Crippen molar-refractivity contribution >= 4 is 11.8 Å². The second kappa shape index (κ2) is 5.39. The van der Waals surface area contributed by atoms with Crippen molar-refractivity contribution < 1.29 is 10.2 Å². The molecule has 0 aliphatic rings. The van der Waals surface area contributed by atoms with Crippen molar-refractivity contribution in [2.45, 2.75) is 30.1 Å². The summed E-state index contributed by atoms with van der Waals surface area (Å²) in [5.41, 5.74) is 0.922. The summed E-state index contributed by atoms with van der Waals surface area (Å²) in [6.45, 7) is 3.91. The van der Waals surface area contributed by atoms with Gasteiger partial charge in [0.1, 0.15) is 0 Å². The molecule has 1 unspecified atom stereocenters. The zero-order valence-corrected chi connectivity index (χ0v) is 9.29. The molecule has 0 spiro atoms. The van der Waals surface area contributed by atoms with Crippen molar-refractivity contribution in [1.29, 1.82) is 0 Å². The van der Waals surface area contributed by atoms with Crippen molar-refractivity contribution in [2.24, 2.45) is 0 Å².